The Kier molecular flexibility index (Phi) is 5.92. The lowest BCUT2D eigenvalue weighted by molar-refractivity contribution is 0.446. The first kappa shape index (κ1) is 18.4. The van der Waals surface area contributed by atoms with E-state index < -0.39 is 0 Å². The summed E-state index contributed by atoms with van der Waals surface area (Å²) in [4.78, 5) is 2.07. The number of benzene rings is 2. The van der Waals surface area contributed by atoms with E-state index in [-0.39, 0.29) is 5.82 Å². The van der Waals surface area contributed by atoms with Crippen LogP contribution in [0.15, 0.2) is 61.3 Å². The zero-order chi connectivity index (χ0) is 18.5. The number of allylic oxidation sites excluding steroid dienone is 2. The van der Waals surface area contributed by atoms with Crippen LogP contribution in [0.2, 0.25) is 0 Å². The normalized spacial score (nSPS) is 16.9. The Morgan fingerprint density at radius 3 is 2.69 bits per heavy atom. The quantitative estimate of drug-likeness (QED) is 0.609. The van der Waals surface area contributed by atoms with Crippen molar-refractivity contribution < 1.29 is 4.39 Å². The van der Waals surface area contributed by atoms with Gasteiger partial charge in [0.2, 0.25) is 0 Å². The van der Waals surface area contributed by atoms with Gasteiger partial charge in [0.15, 0.2) is 0 Å². The number of fused-ring (bicyclic) bond motifs is 1. The Hall–Kier alpha value is -2.35. The van der Waals surface area contributed by atoms with Crippen LogP contribution in [-0.2, 0) is 19.3 Å². The van der Waals surface area contributed by atoms with Crippen molar-refractivity contribution in [2.75, 3.05) is 13.6 Å². The lowest BCUT2D eigenvalue weighted by Gasteiger charge is -2.25. The van der Waals surface area contributed by atoms with E-state index in [1.807, 2.05) is 25.4 Å². The van der Waals surface area contributed by atoms with Gasteiger partial charge in [0.05, 0.1) is 0 Å². The Labute approximate surface area is 156 Å². The zero-order valence-corrected chi connectivity index (χ0v) is 15.8. The van der Waals surface area contributed by atoms with E-state index in [0.29, 0.717) is 5.92 Å². The van der Waals surface area contributed by atoms with E-state index in [1.165, 1.54) is 11.1 Å². The molecule has 0 saturated carbocycles. The van der Waals surface area contributed by atoms with Crippen LogP contribution >= 0.6 is 0 Å². The smallest absolute Gasteiger partial charge is 0.127 e. The summed E-state index contributed by atoms with van der Waals surface area (Å²) < 4.78 is 14.7. The molecule has 3 rings (SSSR count). The zero-order valence-electron chi connectivity index (χ0n) is 15.8. The molecule has 1 nitrogen and oxygen atoms in total. The van der Waals surface area contributed by atoms with Crippen molar-refractivity contribution in [2.45, 2.75) is 32.6 Å². The molecule has 0 spiro atoms. The predicted octanol–water partition coefficient (Wildman–Crippen LogP) is 5.65. The number of nitrogens with zero attached hydrogens (tertiary/aromatic N) is 1. The van der Waals surface area contributed by atoms with Gasteiger partial charge in [0.1, 0.15) is 5.82 Å². The number of aryl methyl sites for hydroxylation is 1. The molecule has 0 aromatic heterocycles. The van der Waals surface area contributed by atoms with Crippen LogP contribution in [0.4, 0.5) is 4.39 Å². The molecule has 26 heavy (non-hydrogen) atoms. The maximum absolute atomic E-state index is 14.7. The van der Waals surface area contributed by atoms with Crippen molar-refractivity contribution in [1.82, 2.24) is 4.90 Å². The van der Waals surface area contributed by atoms with Crippen molar-refractivity contribution in [1.29, 1.82) is 0 Å². The summed E-state index contributed by atoms with van der Waals surface area (Å²) in [5, 5.41) is 0. The van der Waals surface area contributed by atoms with Gasteiger partial charge in [-0.25, -0.2) is 4.39 Å². The van der Waals surface area contributed by atoms with Gasteiger partial charge in [-0.05, 0) is 72.4 Å². The lowest BCUT2D eigenvalue weighted by atomic mass is 9.80. The van der Waals surface area contributed by atoms with Gasteiger partial charge < -0.3 is 4.90 Å². The minimum absolute atomic E-state index is 0.103. The molecule has 2 aromatic carbocycles. The molecule has 0 saturated heterocycles. The van der Waals surface area contributed by atoms with Crippen LogP contribution < -0.4 is 0 Å². The summed E-state index contributed by atoms with van der Waals surface area (Å²) in [5.41, 5.74) is 5.55. The lowest BCUT2D eigenvalue weighted by Crippen LogP contribution is -2.17. The molecule has 0 heterocycles. The van der Waals surface area contributed by atoms with Gasteiger partial charge >= 0.3 is 0 Å². The molecular weight excluding hydrogens is 321 g/mol. The van der Waals surface area contributed by atoms with E-state index in [2.05, 4.69) is 42.7 Å². The molecule has 0 bridgehead atoms. The van der Waals surface area contributed by atoms with E-state index >= 15 is 0 Å². The topological polar surface area (TPSA) is 3.24 Å². The SMILES string of the molecule is C=C/C(=C\N(C)CC)c1ccc(CC2CCc3ccccc3C2)c(F)c1. The maximum Gasteiger partial charge on any atom is 0.127 e. The first-order valence-electron chi connectivity index (χ1n) is 9.50. The highest BCUT2D eigenvalue weighted by Crippen LogP contribution is 2.29. The second kappa shape index (κ2) is 8.35. The van der Waals surface area contributed by atoms with Crippen LogP contribution in [0.3, 0.4) is 0 Å². The third-order valence-electron chi connectivity index (χ3n) is 5.42. The van der Waals surface area contributed by atoms with Gasteiger partial charge in [0, 0.05) is 19.8 Å². The second-order valence-electron chi connectivity index (χ2n) is 7.25. The van der Waals surface area contributed by atoms with Gasteiger partial charge in [-0.3, -0.25) is 0 Å². The van der Waals surface area contributed by atoms with Gasteiger partial charge in [0.25, 0.3) is 0 Å². The van der Waals surface area contributed by atoms with Crippen LogP contribution in [0.1, 0.15) is 35.6 Å². The first-order chi connectivity index (χ1) is 12.6. The number of hydrogen-bond donors (Lipinski definition) is 0. The monoisotopic (exact) mass is 349 g/mol. The summed E-state index contributed by atoms with van der Waals surface area (Å²) in [7, 11) is 2.01. The van der Waals surface area contributed by atoms with E-state index in [9.17, 15) is 4.39 Å². The molecule has 0 amide bonds. The van der Waals surface area contributed by atoms with E-state index in [4.69, 9.17) is 0 Å². The fourth-order valence-electron chi connectivity index (χ4n) is 3.72. The van der Waals surface area contributed by atoms with Crippen molar-refractivity contribution >= 4 is 5.57 Å². The van der Waals surface area contributed by atoms with Crippen LogP contribution in [-0.4, -0.2) is 18.5 Å². The molecule has 1 unspecified atom stereocenters. The first-order valence-corrected chi connectivity index (χ1v) is 9.50. The molecule has 1 aliphatic carbocycles. The maximum atomic E-state index is 14.7. The number of rotatable bonds is 6. The van der Waals surface area contributed by atoms with Crippen molar-refractivity contribution in [3.05, 3.63) is 89.4 Å². The Balaban J connectivity index is 1.74. The number of hydrogen-bond acceptors (Lipinski definition) is 1. The Bertz CT molecular complexity index is 806. The molecule has 1 atom stereocenters. The van der Waals surface area contributed by atoms with E-state index in [1.54, 1.807) is 12.1 Å². The predicted molar refractivity (Wildman–Crippen MR) is 109 cm³/mol. The molecule has 2 aromatic rings. The second-order valence-corrected chi connectivity index (χ2v) is 7.25. The third-order valence-corrected chi connectivity index (χ3v) is 5.42. The minimum Gasteiger partial charge on any atom is -0.380 e. The number of halogens is 1. The molecule has 0 N–H and O–H groups in total. The standard InChI is InChI=1S/C24H28FN/c1-4-19(17-26(3)5-2)22-12-13-23(24(25)16-22)15-18-10-11-20-8-6-7-9-21(20)14-18/h4,6-9,12-13,16-18H,1,5,10-11,14-15H2,2-3H3/b19-17+. The Morgan fingerprint density at radius 2 is 2.00 bits per heavy atom. The molecule has 0 radical (unpaired) electrons. The fraction of sp³-hybridized carbons (Fsp3) is 0.333. The molecule has 0 fully saturated rings. The summed E-state index contributed by atoms with van der Waals surface area (Å²) in [6.07, 6.45) is 7.90. The average Bonchev–Trinajstić information content (AvgIpc) is 2.67. The highest BCUT2D eigenvalue weighted by Gasteiger charge is 2.20. The molecule has 0 aliphatic heterocycles. The molecule has 136 valence electrons. The summed E-state index contributed by atoms with van der Waals surface area (Å²) in [5.74, 6) is 0.416. The summed E-state index contributed by atoms with van der Waals surface area (Å²) >= 11 is 0. The van der Waals surface area contributed by atoms with Crippen LogP contribution in [0.25, 0.3) is 5.57 Å². The van der Waals surface area contributed by atoms with Crippen LogP contribution in [0, 0.1) is 11.7 Å². The van der Waals surface area contributed by atoms with Gasteiger partial charge in [-0.2, -0.15) is 0 Å². The van der Waals surface area contributed by atoms with Gasteiger partial charge in [-0.1, -0.05) is 49.1 Å². The average molecular weight is 349 g/mol. The highest BCUT2D eigenvalue weighted by atomic mass is 19.1. The molecule has 1 aliphatic rings. The van der Waals surface area contributed by atoms with Crippen molar-refractivity contribution in [3.63, 3.8) is 0 Å². The van der Waals surface area contributed by atoms with Crippen molar-refractivity contribution in [3.8, 4) is 0 Å². The molecule has 2 heteroatoms. The Morgan fingerprint density at radius 1 is 1.23 bits per heavy atom. The summed E-state index contributed by atoms with van der Waals surface area (Å²) in [6, 6.07) is 14.3. The largest absolute Gasteiger partial charge is 0.380 e. The van der Waals surface area contributed by atoms with Crippen LogP contribution in [0.5, 0.6) is 0 Å². The fourth-order valence-corrected chi connectivity index (χ4v) is 3.72. The highest BCUT2D eigenvalue weighted by molar-refractivity contribution is 5.73. The van der Waals surface area contributed by atoms with E-state index in [0.717, 1.165) is 48.9 Å². The minimum atomic E-state index is -0.103. The van der Waals surface area contributed by atoms with Gasteiger partial charge in [-0.15, -0.1) is 0 Å². The third kappa shape index (κ3) is 4.24. The van der Waals surface area contributed by atoms with Crippen molar-refractivity contribution in [2.24, 2.45) is 5.92 Å². The molecular formula is C24H28FN. The summed E-state index contributed by atoms with van der Waals surface area (Å²) in [6.45, 7) is 6.86.